The molecule has 206 valence electrons. The average Bonchev–Trinajstić information content (AvgIpc) is 3.38. The van der Waals surface area contributed by atoms with Crippen LogP contribution in [-0.4, -0.2) is 51.6 Å². The van der Waals surface area contributed by atoms with Crippen LogP contribution in [0.4, 0.5) is 0 Å². The Morgan fingerprint density at radius 3 is 2.55 bits per heavy atom. The third-order valence-corrected chi connectivity index (χ3v) is 6.35. The van der Waals surface area contributed by atoms with E-state index in [0.717, 1.165) is 41.8 Å². The number of nitrogens with two attached hydrogens (primary N) is 1. The molecule has 1 heterocycles. The van der Waals surface area contributed by atoms with Crippen LogP contribution in [0.5, 0.6) is 5.75 Å². The van der Waals surface area contributed by atoms with Crippen LogP contribution in [0.1, 0.15) is 68.7 Å². The number of primary amides is 1. The quantitative estimate of drug-likeness (QED) is 0.233. The second-order valence-electron chi connectivity index (χ2n) is 9.97. The Bertz CT molecular complexity index is 1220. The first-order valence-corrected chi connectivity index (χ1v) is 13.2. The number of ether oxygens (including phenoxy) is 1. The van der Waals surface area contributed by atoms with E-state index in [-0.39, 0.29) is 13.0 Å². The largest absolute Gasteiger partial charge is 0.490 e. The number of aromatic nitrogens is 2. The van der Waals surface area contributed by atoms with Crippen LogP contribution in [-0.2, 0) is 17.8 Å². The van der Waals surface area contributed by atoms with E-state index in [9.17, 15) is 15.0 Å². The Morgan fingerprint density at radius 2 is 1.89 bits per heavy atom. The molecule has 0 radical (unpaired) electrons. The first-order chi connectivity index (χ1) is 18.1. The molecule has 1 aromatic heterocycles. The number of nitrogens with zero attached hydrogens (tertiary/aromatic N) is 2. The number of amides is 1. The molecule has 0 bridgehead atoms. The van der Waals surface area contributed by atoms with E-state index < -0.39 is 18.1 Å². The van der Waals surface area contributed by atoms with Gasteiger partial charge in [-0.15, -0.1) is 0 Å². The number of aliphatic hydroxyl groups is 2. The van der Waals surface area contributed by atoms with Gasteiger partial charge in [0, 0.05) is 24.1 Å². The molecular weight excluding hydrogens is 484 g/mol. The molecule has 38 heavy (non-hydrogen) atoms. The van der Waals surface area contributed by atoms with Gasteiger partial charge in [0.25, 0.3) is 5.89 Å². The molecule has 2 aromatic carbocycles. The third-order valence-electron chi connectivity index (χ3n) is 6.35. The number of rotatable bonds is 14. The SMILES string of the molecule is CCCNCc1cc(-c2nc(-c3cc(C)c(OC[C@@H](O)CC(O)C(N)=O)c(CC)c3)no2)cc(C(C)C)c1. The Labute approximate surface area is 224 Å². The van der Waals surface area contributed by atoms with Gasteiger partial charge < -0.3 is 30.5 Å². The number of nitrogens with one attached hydrogen (secondary N) is 1. The maximum absolute atomic E-state index is 11.0. The molecule has 1 unspecified atom stereocenters. The van der Waals surface area contributed by atoms with E-state index in [0.29, 0.717) is 29.8 Å². The van der Waals surface area contributed by atoms with Gasteiger partial charge in [0.15, 0.2) is 0 Å². The minimum Gasteiger partial charge on any atom is -0.490 e. The van der Waals surface area contributed by atoms with Gasteiger partial charge in [-0.05, 0) is 78.7 Å². The molecule has 2 atom stereocenters. The lowest BCUT2D eigenvalue weighted by molar-refractivity contribution is -0.127. The van der Waals surface area contributed by atoms with Crippen LogP contribution in [0.2, 0.25) is 0 Å². The van der Waals surface area contributed by atoms with Crippen LogP contribution in [0.25, 0.3) is 22.8 Å². The Kier molecular flexibility index (Phi) is 10.4. The summed E-state index contributed by atoms with van der Waals surface area (Å²) in [6.07, 6.45) is -0.885. The van der Waals surface area contributed by atoms with Gasteiger partial charge in [-0.25, -0.2) is 0 Å². The fourth-order valence-electron chi connectivity index (χ4n) is 4.21. The van der Waals surface area contributed by atoms with Crippen molar-refractivity contribution >= 4 is 5.91 Å². The van der Waals surface area contributed by atoms with E-state index in [1.807, 2.05) is 26.0 Å². The molecule has 0 aliphatic carbocycles. The second kappa shape index (κ2) is 13.5. The predicted molar refractivity (Wildman–Crippen MR) is 147 cm³/mol. The zero-order chi connectivity index (χ0) is 27.8. The number of carbonyl (C=O) groups excluding carboxylic acids is 1. The Morgan fingerprint density at radius 1 is 1.13 bits per heavy atom. The zero-order valence-corrected chi connectivity index (χ0v) is 23.0. The fraction of sp³-hybridized carbons (Fsp3) is 0.483. The van der Waals surface area contributed by atoms with Crippen molar-refractivity contribution in [2.45, 2.75) is 78.6 Å². The minimum absolute atomic E-state index is 0.0779. The maximum Gasteiger partial charge on any atom is 0.258 e. The van der Waals surface area contributed by atoms with E-state index in [1.165, 1.54) is 11.1 Å². The summed E-state index contributed by atoms with van der Waals surface area (Å²) in [6, 6.07) is 10.3. The lowest BCUT2D eigenvalue weighted by atomic mass is 9.97. The highest BCUT2D eigenvalue weighted by Gasteiger charge is 2.20. The summed E-state index contributed by atoms with van der Waals surface area (Å²) in [5.74, 6) is 1.07. The lowest BCUT2D eigenvalue weighted by Gasteiger charge is -2.18. The summed E-state index contributed by atoms with van der Waals surface area (Å²) >= 11 is 0. The first-order valence-electron chi connectivity index (χ1n) is 13.2. The zero-order valence-electron chi connectivity index (χ0n) is 23.0. The van der Waals surface area contributed by atoms with Crippen molar-refractivity contribution < 1.29 is 24.3 Å². The molecule has 5 N–H and O–H groups in total. The van der Waals surface area contributed by atoms with Crippen molar-refractivity contribution in [3.63, 3.8) is 0 Å². The van der Waals surface area contributed by atoms with Crippen LogP contribution in [0.3, 0.4) is 0 Å². The normalized spacial score (nSPS) is 13.1. The van der Waals surface area contributed by atoms with E-state index in [2.05, 4.69) is 49.4 Å². The van der Waals surface area contributed by atoms with Crippen molar-refractivity contribution in [1.29, 1.82) is 0 Å². The lowest BCUT2D eigenvalue weighted by Crippen LogP contribution is -2.33. The van der Waals surface area contributed by atoms with Gasteiger partial charge in [-0.3, -0.25) is 4.79 Å². The number of hydrogen-bond acceptors (Lipinski definition) is 8. The number of hydrogen-bond donors (Lipinski definition) is 4. The molecule has 0 aliphatic rings. The summed E-state index contributed by atoms with van der Waals surface area (Å²) in [6.45, 7) is 12.0. The first kappa shape index (κ1) is 29.3. The third kappa shape index (κ3) is 7.63. The Balaban J connectivity index is 1.83. The molecule has 0 spiro atoms. The van der Waals surface area contributed by atoms with Gasteiger partial charge in [-0.1, -0.05) is 38.9 Å². The molecular formula is C29H40N4O5. The highest BCUT2D eigenvalue weighted by Crippen LogP contribution is 2.32. The monoisotopic (exact) mass is 524 g/mol. The number of benzene rings is 2. The molecule has 0 saturated heterocycles. The van der Waals surface area contributed by atoms with Crippen molar-refractivity contribution in [3.05, 3.63) is 52.6 Å². The molecule has 3 aromatic rings. The summed E-state index contributed by atoms with van der Waals surface area (Å²) in [4.78, 5) is 15.8. The van der Waals surface area contributed by atoms with Gasteiger partial charge in [-0.2, -0.15) is 4.98 Å². The predicted octanol–water partition coefficient (Wildman–Crippen LogP) is 3.87. The highest BCUT2D eigenvalue weighted by molar-refractivity contribution is 5.78. The van der Waals surface area contributed by atoms with Crippen LogP contribution >= 0.6 is 0 Å². The van der Waals surface area contributed by atoms with Crippen molar-refractivity contribution in [3.8, 4) is 28.6 Å². The number of carbonyl (C=O) groups is 1. The van der Waals surface area contributed by atoms with Gasteiger partial charge in [0.2, 0.25) is 11.7 Å². The maximum atomic E-state index is 11.0. The molecule has 9 heteroatoms. The summed E-state index contributed by atoms with van der Waals surface area (Å²) in [5.41, 5.74) is 10.9. The molecule has 0 aliphatic heterocycles. The molecule has 0 fully saturated rings. The van der Waals surface area contributed by atoms with Crippen LogP contribution in [0.15, 0.2) is 34.9 Å². The summed E-state index contributed by atoms with van der Waals surface area (Å²) in [5, 5.41) is 27.4. The smallest absolute Gasteiger partial charge is 0.258 e. The van der Waals surface area contributed by atoms with Crippen LogP contribution in [0, 0.1) is 6.92 Å². The van der Waals surface area contributed by atoms with Gasteiger partial charge >= 0.3 is 0 Å². The molecule has 1 amide bonds. The highest BCUT2D eigenvalue weighted by atomic mass is 16.5. The van der Waals surface area contributed by atoms with Gasteiger partial charge in [0.1, 0.15) is 18.5 Å². The summed E-state index contributed by atoms with van der Waals surface area (Å²) in [7, 11) is 0. The topological polar surface area (TPSA) is 144 Å². The van der Waals surface area contributed by atoms with E-state index >= 15 is 0 Å². The second-order valence-corrected chi connectivity index (χ2v) is 9.97. The standard InChI is InChI=1S/C29H40N4O5/c1-6-8-31-15-19-10-21(17(3)4)13-23(11-19)29-32-28(33-38-29)22-9-18(5)26(20(7-2)12-22)37-16-24(34)14-25(35)27(30)36/h9-13,17,24-25,31,34-35H,6-8,14-16H2,1-5H3,(H2,30,36)/t24-,25?/m0/s1. The summed E-state index contributed by atoms with van der Waals surface area (Å²) < 4.78 is 11.6. The van der Waals surface area contributed by atoms with Crippen molar-refractivity contribution in [2.24, 2.45) is 5.73 Å². The van der Waals surface area contributed by atoms with Crippen molar-refractivity contribution in [1.82, 2.24) is 15.5 Å². The molecule has 3 rings (SSSR count). The molecule has 9 nitrogen and oxygen atoms in total. The van der Waals surface area contributed by atoms with Crippen LogP contribution < -0.4 is 15.8 Å². The minimum atomic E-state index is -1.42. The molecule has 0 saturated carbocycles. The average molecular weight is 525 g/mol. The fourth-order valence-corrected chi connectivity index (χ4v) is 4.21. The number of aryl methyl sites for hydroxylation is 2. The van der Waals surface area contributed by atoms with E-state index in [1.54, 1.807) is 0 Å². The van der Waals surface area contributed by atoms with Crippen molar-refractivity contribution in [2.75, 3.05) is 13.2 Å². The Hall–Kier alpha value is -3.27. The van der Waals surface area contributed by atoms with E-state index in [4.69, 9.17) is 20.0 Å². The van der Waals surface area contributed by atoms with Gasteiger partial charge in [0.05, 0.1) is 6.10 Å². The number of aliphatic hydroxyl groups excluding tert-OH is 2.